The lowest BCUT2D eigenvalue weighted by Gasteiger charge is -2.26. The van der Waals surface area contributed by atoms with Gasteiger partial charge in [-0.3, -0.25) is 0 Å². The summed E-state index contributed by atoms with van der Waals surface area (Å²) in [6.07, 6.45) is 1.96. The molecular formula is C15H19ClN2O2S. The Balaban J connectivity index is 1.57. The number of ether oxygens (including phenoxy) is 1. The van der Waals surface area contributed by atoms with Crippen LogP contribution in [-0.2, 0) is 4.74 Å². The molecule has 21 heavy (non-hydrogen) atoms. The second kappa shape index (κ2) is 6.90. The van der Waals surface area contributed by atoms with Gasteiger partial charge in [-0.25, -0.2) is 4.79 Å². The van der Waals surface area contributed by atoms with Crippen LogP contribution in [0.5, 0.6) is 0 Å². The molecule has 2 amide bonds. The Morgan fingerprint density at radius 3 is 3.14 bits per heavy atom. The second-order valence-electron chi connectivity index (χ2n) is 5.46. The maximum absolute atomic E-state index is 12.1. The van der Waals surface area contributed by atoms with E-state index in [1.54, 1.807) is 0 Å². The van der Waals surface area contributed by atoms with Crippen LogP contribution in [0, 0.1) is 5.92 Å². The molecule has 2 atom stereocenters. The Morgan fingerprint density at radius 1 is 1.43 bits per heavy atom. The van der Waals surface area contributed by atoms with Crippen LogP contribution in [-0.4, -0.2) is 31.5 Å². The van der Waals surface area contributed by atoms with Gasteiger partial charge in [0.05, 0.1) is 12.6 Å². The highest BCUT2D eigenvalue weighted by molar-refractivity contribution is 7.99. The van der Waals surface area contributed by atoms with Crippen molar-refractivity contribution in [1.82, 2.24) is 10.6 Å². The quantitative estimate of drug-likeness (QED) is 0.896. The molecule has 114 valence electrons. The van der Waals surface area contributed by atoms with E-state index < -0.39 is 0 Å². The number of amides is 2. The molecule has 0 radical (unpaired) electrons. The molecule has 1 saturated heterocycles. The minimum atomic E-state index is -0.107. The fourth-order valence-corrected chi connectivity index (χ4v) is 3.99. The van der Waals surface area contributed by atoms with Crippen molar-refractivity contribution in [3.8, 4) is 0 Å². The molecule has 0 aliphatic carbocycles. The lowest BCUT2D eigenvalue weighted by molar-refractivity contribution is 0.185. The van der Waals surface area contributed by atoms with E-state index in [1.165, 1.54) is 4.90 Å². The van der Waals surface area contributed by atoms with Crippen molar-refractivity contribution >= 4 is 29.4 Å². The number of urea groups is 1. The Labute approximate surface area is 134 Å². The largest absolute Gasteiger partial charge is 0.381 e. The van der Waals surface area contributed by atoms with Gasteiger partial charge in [0.15, 0.2) is 0 Å². The van der Waals surface area contributed by atoms with E-state index in [4.69, 9.17) is 16.3 Å². The molecule has 2 aliphatic rings. The molecule has 2 heterocycles. The maximum Gasteiger partial charge on any atom is 0.315 e. The van der Waals surface area contributed by atoms with Crippen molar-refractivity contribution in [2.75, 3.05) is 25.5 Å². The third-order valence-corrected chi connectivity index (χ3v) is 5.25. The summed E-state index contributed by atoms with van der Waals surface area (Å²) in [5, 5.41) is 6.73. The van der Waals surface area contributed by atoms with E-state index in [2.05, 4.69) is 10.6 Å². The SMILES string of the molecule is O=C(NCC1CCOC1)NC1CCSc2ccc(Cl)cc21. The summed E-state index contributed by atoms with van der Waals surface area (Å²) in [5.41, 5.74) is 1.12. The Kier molecular flexibility index (Phi) is 4.93. The number of rotatable bonds is 3. The minimum Gasteiger partial charge on any atom is -0.381 e. The first kappa shape index (κ1) is 15.0. The topological polar surface area (TPSA) is 50.4 Å². The van der Waals surface area contributed by atoms with Crippen LogP contribution in [0.25, 0.3) is 0 Å². The molecule has 0 bridgehead atoms. The highest BCUT2D eigenvalue weighted by Gasteiger charge is 2.23. The molecule has 4 nitrogen and oxygen atoms in total. The monoisotopic (exact) mass is 326 g/mol. The van der Waals surface area contributed by atoms with E-state index >= 15 is 0 Å². The zero-order chi connectivity index (χ0) is 14.7. The highest BCUT2D eigenvalue weighted by Crippen LogP contribution is 2.37. The molecular weight excluding hydrogens is 308 g/mol. The van der Waals surface area contributed by atoms with Crippen molar-refractivity contribution in [3.05, 3.63) is 28.8 Å². The standard InChI is InChI=1S/C15H19ClN2O2S/c16-11-1-2-14-12(7-11)13(4-6-21-14)18-15(19)17-8-10-3-5-20-9-10/h1-2,7,10,13H,3-6,8-9H2,(H2,17,18,19). The predicted octanol–water partition coefficient (Wildman–Crippen LogP) is 3.21. The predicted molar refractivity (Wildman–Crippen MR) is 85.0 cm³/mol. The molecule has 2 unspecified atom stereocenters. The summed E-state index contributed by atoms with van der Waals surface area (Å²) < 4.78 is 5.31. The Morgan fingerprint density at radius 2 is 2.33 bits per heavy atom. The summed E-state index contributed by atoms with van der Waals surface area (Å²) in [6, 6.07) is 5.82. The first-order valence-electron chi connectivity index (χ1n) is 7.27. The molecule has 3 rings (SSSR count). The van der Waals surface area contributed by atoms with Crippen molar-refractivity contribution in [1.29, 1.82) is 0 Å². The third-order valence-electron chi connectivity index (χ3n) is 3.89. The number of nitrogens with one attached hydrogen (secondary N) is 2. The summed E-state index contributed by atoms with van der Waals surface area (Å²) in [7, 11) is 0. The van der Waals surface area contributed by atoms with E-state index in [0.717, 1.165) is 37.4 Å². The van der Waals surface area contributed by atoms with Crippen LogP contribution in [0.3, 0.4) is 0 Å². The minimum absolute atomic E-state index is 0.0415. The van der Waals surface area contributed by atoms with E-state index in [9.17, 15) is 4.79 Å². The maximum atomic E-state index is 12.1. The van der Waals surface area contributed by atoms with Gasteiger partial charge in [-0.05, 0) is 36.6 Å². The normalized spacial score (nSPS) is 24.4. The molecule has 0 saturated carbocycles. The average Bonchev–Trinajstić information content (AvgIpc) is 2.99. The fourth-order valence-electron chi connectivity index (χ4n) is 2.71. The van der Waals surface area contributed by atoms with Gasteiger partial charge in [0.2, 0.25) is 0 Å². The Bertz CT molecular complexity index is 520. The van der Waals surface area contributed by atoms with Crippen LogP contribution < -0.4 is 10.6 Å². The average molecular weight is 327 g/mol. The molecule has 2 N–H and O–H groups in total. The van der Waals surface area contributed by atoms with Gasteiger partial charge in [0.25, 0.3) is 0 Å². The number of hydrogen-bond acceptors (Lipinski definition) is 3. The first-order valence-corrected chi connectivity index (χ1v) is 8.63. The summed E-state index contributed by atoms with van der Waals surface area (Å²) >= 11 is 7.89. The van der Waals surface area contributed by atoms with Crippen LogP contribution >= 0.6 is 23.4 Å². The van der Waals surface area contributed by atoms with Gasteiger partial charge in [-0.1, -0.05) is 11.6 Å². The van der Waals surface area contributed by atoms with Crippen molar-refractivity contribution in [3.63, 3.8) is 0 Å². The van der Waals surface area contributed by atoms with E-state index in [0.29, 0.717) is 17.5 Å². The number of thioether (sulfide) groups is 1. The first-order chi connectivity index (χ1) is 10.2. The van der Waals surface area contributed by atoms with Crippen LogP contribution in [0.15, 0.2) is 23.1 Å². The number of fused-ring (bicyclic) bond motifs is 1. The van der Waals surface area contributed by atoms with Gasteiger partial charge in [-0.15, -0.1) is 11.8 Å². The number of benzene rings is 1. The lowest BCUT2D eigenvalue weighted by atomic mass is 10.0. The number of carbonyl (C=O) groups excluding carboxylic acids is 1. The molecule has 1 aromatic carbocycles. The number of halogens is 1. The molecule has 6 heteroatoms. The number of hydrogen-bond donors (Lipinski definition) is 2. The molecule has 1 fully saturated rings. The summed E-state index contributed by atoms with van der Waals surface area (Å²) in [6.45, 7) is 2.23. The summed E-state index contributed by atoms with van der Waals surface area (Å²) in [5.74, 6) is 1.45. The molecule has 0 spiro atoms. The van der Waals surface area contributed by atoms with Gasteiger partial charge in [-0.2, -0.15) is 0 Å². The number of carbonyl (C=O) groups is 1. The second-order valence-corrected chi connectivity index (χ2v) is 7.03. The zero-order valence-electron chi connectivity index (χ0n) is 11.7. The smallest absolute Gasteiger partial charge is 0.315 e. The van der Waals surface area contributed by atoms with Gasteiger partial charge in [0, 0.05) is 34.7 Å². The van der Waals surface area contributed by atoms with Gasteiger partial charge < -0.3 is 15.4 Å². The van der Waals surface area contributed by atoms with Crippen LogP contribution in [0.1, 0.15) is 24.4 Å². The zero-order valence-corrected chi connectivity index (χ0v) is 13.3. The van der Waals surface area contributed by atoms with E-state index in [-0.39, 0.29) is 12.1 Å². The molecule has 1 aromatic rings. The fraction of sp³-hybridized carbons (Fsp3) is 0.533. The van der Waals surface area contributed by atoms with Crippen molar-refractivity contribution in [2.24, 2.45) is 5.92 Å². The molecule has 0 aromatic heterocycles. The molecule has 2 aliphatic heterocycles. The van der Waals surface area contributed by atoms with Crippen molar-refractivity contribution in [2.45, 2.75) is 23.8 Å². The lowest BCUT2D eigenvalue weighted by Crippen LogP contribution is -2.41. The van der Waals surface area contributed by atoms with Gasteiger partial charge in [0.1, 0.15) is 0 Å². The Hall–Kier alpha value is -0.910. The van der Waals surface area contributed by atoms with E-state index in [1.807, 2.05) is 30.0 Å². The summed E-state index contributed by atoms with van der Waals surface area (Å²) in [4.78, 5) is 13.3. The van der Waals surface area contributed by atoms with Crippen LogP contribution in [0.2, 0.25) is 5.02 Å². The van der Waals surface area contributed by atoms with Crippen LogP contribution in [0.4, 0.5) is 4.79 Å². The highest BCUT2D eigenvalue weighted by atomic mass is 35.5. The van der Waals surface area contributed by atoms with Crippen molar-refractivity contribution < 1.29 is 9.53 Å². The third kappa shape index (κ3) is 3.84. The van der Waals surface area contributed by atoms with Gasteiger partial charge >= 0.3 is 6.03 Å².